The maximum Gasteiger partial charge on any atom is 0.466 e. The molecule has 60 valence electrons. The summed E-state index contributed by atoms with van der Waals surface area (Å²) in [5, 5.41) is -2.71. The third-order valence-electron chi connectivity index (χ3n) is 0.568. The summed E-state index contributed by atoms with van der Waals surface area (Å²) in [6.07, 6.45) is -5.07. The Morgan fingerprint density at radius 3 is 1.60 bits per heavy atom. The Morgan fingerprint density at radius 1 is 1.30 bits per heavy atom. The lowest BCUT2D eigenvalue weighted by Gasteiger charge is -2.00. The van der Waals surface area contributed by atoms with E-state index in [1.807, 2.05) is 0 Å². The largest absolute Gasteiger partial charge is 0.466 e. The molecule has 0 unspecified atom stereocenters. The van der Waals surface area contributed by atoms with Crippen LogP contribution in [0.1, 0.15) is 0 Å². The second kappa shape index (κ2) is 2.22. The summed E-state index contributed by atoms with van der Waals surface area (Å²) in [5.74, 6) is 0. The fourth-order valence-electron chi connectivity index (χ4n) is 0.210. The van der Waals surface area contributed by atoms with E-state index in [0.717, 1.165) is 0 Å². The number of carbonyl (C=O) groups excluding carboxylic acids is 1. The molecule has 0 radical (unpaired) electrons. The molecule has 0 aliphatic heterocycles. The normalized spacial score (nSPS) is 13.2. The van der Waals surface area contributed by atoms with Crippen molar-refractivity contribution in [1.29, 1.82) is 0 Å². The number of halogens is 3. The van der Waals surface area contributed by atoms with Gasteiger partial charge in [0.1, 0.15) is 0 Å². The van der Waals surface area contributed by atoms with Crippen molar-refractivity contribution in [3.63, 3.8) is 0 Å². The van der Waals surface area contributed by atoms with E-state index in [9.17, 15) is 26.4 Å². The van der Waals surface area contributed by atoms with Crippen molar-refractivity contribution in [2.75, 3.05) is 6.26 Å². The van der Waals surface area contributed by atoms with Crippen molar-refractivity contribution in [2.24, 2.45) is 0 Å². The highest BCUT2D eigenvalue weighted by atomic mass is 32.2. The quantitative estimate of drug-likeness (QED) is 0.526. The number of hydrogen-bond acceptors (Lipinski definition) is 3. The molecule has 0 spiro atoms. The van der Waals surface area contributed by atoms with Crippen molar-refractivity contribution < 1.29 is 26.4 Å². The van der Waals surface area contributed by atoms with Gasteiger partial charge in [-0.25, -0.2) is 8.42 Å². The van der Waals surface area contributed by atoms with E-state index in [-0.39, 0.29) is 6.26 Å². The highest BCUT2D eigenvalue weighted by Crippen LogP contribution is 2.18. The van der Waals surface area contributed by atoms with Gasteiger partial charge in [0.2, 0.25) is 9.84 Å². The van der Waals surface area contributed by atoms with E-state index in [1.54, 1.807) is 0 Å². The Hall–Kier alpha value is -0.590. The standard InChI is InChI=1S/C3H3F3O3S/c1-10(8,9)2(7)3(4,5)6/h1H3. The molecule has 0 aromatic rings. The summed E-state index contributed by atoms with van der Waals surface area (Å²) in [5.41, 5.74) is 0. The molecule has 0 saturated carbocycles. The van der Waals surface area contributed by atoms with E-state index in [2.05, 4.69) is 0 Å². The average Bonchev–Trinajstić information content (AvgIpc) is 1.59. The average molecular weight is 176 g/mol. The number of rotatable bonds is 0. The van der Waals surface area contributed by atoms with Gasteiger partial charge in [-0.05, 0) is 0 Å². The molecular formula is C3H3F3O3S. The molecule has 0 atom stereocenters. The van der Waals surface area contributed by atoms with Crippen molar-refractivity contribution in [1.82, 2.24) is 0 Å². The fraction of sp³-hybridized carbons (Fsp3) is 0.667. The molecule has 0 heterocycles. The minimum Gasteiger partial charge on any atom is -0.271 e. The number of sulfone groups is 1. The molecule has 0 bridgehead atoms. The van der Waals surface area contributed by atoms with Crippen LogP contribution in [0.2, 0.25) is 0 Å². The topological polar surface area (TPSA) is 51.2 Å². The van der Waals surface area contributed by atoms with E-state index >= 15 is 0 Å². The summed E-state index contributed by atoms with van der Waals surface area (Å²) < 4.78 is 53.5. The zero-order chi connectivity index (χ0) is 8.58. The Balaban J connectivity index is 4.75. The molecule has 0 aliphatic rings. The molecular weight excluding hydrogens is 173 g/mol. The van der Waals surface area contributed by atoms with Gasteiger partial charge in [-0.2, -0.15) is 13.2 Å². The van der Waals surface area contributed by atoms with Crippen LogP contribution in [0, 0.1) is 0 Å². The van der Waals surface area contributed by atoms with Crippen LogP contribution in [0.15, 0.2) is 0 Å². The van der Waals surface area contributed by atoms with Crippen molar-refractivity contribution in [2.45, 2.75) is 6.18 Å². The van der Waals surface area contributed by atoms with Crippen LogP contribution < -0.4 is 0 Å². The highest BCUT2D eigenvalue weighted by Gasteiger charge is 2.45. The Labute approximate surface area is 54.8 Å². The summed E-state index contributed by atoms with van der Waals surface area (Å²) in [6, 6.07) is 0. The maximum absolute atomic E-state index is 11.2. The van der Waals surface area contributed by atoms with Crippen LogP contribution in [0.25, 0.3) is 0 Å². The molecule has 0 amide bonds. The van der Waals surface area contributed by atoms with Crippen LogP contribution in [0.4, 0.5) is 13.2 Å². The van der Waals surface area contributed by atoms with Crippen LogP contribution >= 0.6 is 0 Å². The third-order valence-corrected chi connectivity index (χ3v) is 1.47. The van der Waals surface area contributed by atoms with E-state index in [1.165, 1.54) is 0 Å². The van der Waals surface area contributed by atoms with Gasteiger partial charge in [0, 0.05) is 6.26 Å². The van der Waals surface area contributed by atoms with Crippen LogP contribution in [-0.4, -0.2) is 26.0 Å². The molecule has 0 N–H and O–H groups in total. The zero-order valence-corrected chi connectivity index (χ0v) is 5.58. The predicted molar refractivity (Wildman–Crippen MR) is 25.9 cm³/mol. The smallest absolute Gasteiger partial charge is 0.271 e. The van der Waals surface area contributed by atoms with Crippen LogP contribution in [0.5, 0.6) is 0 Å². The highest BCUT2D eigenvalue weighted by molar-refractivity contribution is 8.05. The fourth-order valence-corrected chi connectivity index (χ4v) is 0.631. The van der Waals surface area contributed by atoms with Gasteiger partial charge in [-0.1, -0.05) is 0 Å². The summed E-state index contributed by atoms with van der Waals surface area (Å²) in [6.45, 7) is 0. The number of carbonyl (C=O) groups is 1. The second-order valence-electron chi connectivity index (χ2n) is 1.56. The van der Waals surface area contributed by atoms with Crippen molar-refractivity contribution >= 4 is 15.0 Å². The van der Waals surface area contributed by atoms with Crippen LogP contribution in [-0.2, 0) is 14.6 Å². The lowest BCUT2D eigenvalue weighted by atomic mass is 10.8. The summed E-state index contributed by atoms with van der Waals surface area (Å²) >= 11 is 0. The Kier molecular flexibility index (Phi) is 2.09. The molecule has 0 aromatic carbocycles. The van der Waals surface area contributed by atoms with Crippen molar-refractivity contribution in [3.8, 4) is 0 Å². The van der Waals surface area contributed by atoms with Gasteiger partial charge in [0.05, 0.1) is 0 Å². The molecule has 7 heteroatoms. The SMILES string of the molecule is CS(=O)(=O)C(=O)C(F)(F)F. The van der Waals surface area contributed by atoms with Gasteiger partial charge in [0.15, 0.2) is 0 Å². The first-order valence-electron chi connectivity index (χ1n) is 1.97. The minimum absolute atomic E-state index is 0.211. The first kappa shape index (κ1) is 9.41. The molecule has 0 aliphatic carbocycles. The van der Waals surface area contributed by atoms with Gasteiger partial charge in [0.25, 0.3) is 0 Å². The van der Waals surface area contributed by atoms with Gasteiger partial charge < -0.3 is 0 Å². The van der Waals surface area contributed by atoms with E-state index in [4.69, 9.17) is 0 Å². The lowest BCUT2D eigenvalue weighted by Crippen LogP contribution is -2.29. The molecule has 0 saturated heterocycles. The third kappa shape index (κ3) is 2.34. The minimum atomic E-state index is -5.28. The molecule has 0 fully saturated rings. The Bertz CT molecular complexity index is 236. The molecule has 0 aromatic heterocycles. The predicted octanol–water partition coefficient (Wildman–Crippen LogP) is 0.120. The molecule has 3 nitrogen and oxygen atoms in total. The summed E-state index contributed by atoms with van der Waals surface area (Å²) in [4.78, 5) is 9.77. The number of alkyl halides is 3. The van der Waals surface area contributed by atoms with E-state index < -0.39 is 21.1 Å². The van der Waals surface area contributed by atoms with Gasteiger partial charge in [-0.15, -0.1) is 0 Å². The first-order chi connectivity index (χ1) is 4.15. The first-order valence-corrected chi connectivity index (χ1v) is 3.86. The molecule has 10 heavy (non-hydrogen) atoms. The maximum atomic E-state index is 11.2. The van der Waals surface area contributed by atoms with Gasteiger partial charge in [-0.3, -0.25) is 4.79 Å². The summed E-state index contributed by atoms with van der Waals surface area (Å²) in [7, 11) is -4.62. The lowest BCUT2D eigenvalue weighted by molar-refractivity contribution is -0.161. The monoisotopic (exact) mass is 176 g/mol. The van der Waals surface area contributed by atoms with E-state index in [0.29, 0.717) is 0 Å². The van der Waals surface area contributed by atoms with Crippen molar-refractivity contribution in [3.05, 3.63) is 0 Å². The van der Waals surface area contributed by atoms with Gasteiger partial charge >= 0.3 is 11.3 Å². The number of hydrogen-bond donors (Lipinski definition) is 0. The Morgan fingerprint density at radius 2 is 1.60 bits per heavy atom. The zero-order valence-electron chi connectivity index (χ0n) is 4.77. The van der Waals surface area contributed by atoms with Crippen LogP contribution in [0.3, 0.4) is 0 Å². The second-order valence-corrected chi connectivity index (χ2v) is 3.47. The molecule has 0 rings (SSSR count).